The zero-order chi connectivity index (χ0) is 33.2. The number of nitrogens with zero attached hydrogens (tertiary/aromatic N) is 7. The molecule has 1 spiro atoms. The average Bonchev–Trinajstić information content (AvgIpc) is 3.94. The maximum atomic E-state index is 14.6. The van der Waals surface area contributed by atoms with Crippen molar-refractivity contribution in [1.82, 2.24) is 24.6 Å². The number of likely N-dealkylation sites (tertiary alicyclic amines) is 1. The molecule has 2 aromatic carbocycles. The van der Waals surface area contributed by atoms with Gasteiger partial charge in [-0.2, -0.15) is 18.4 Å². The van der Waals surface area contributed by atoms with Crippen molar-refractivity contribution in [3.8, 4) is 28.6 Å². The lowest BCUT2D eigenvalue weighted by Crippen LogP contribution is -2.24. The number of benzene rings is 2. The Bertz CT molecular complexity index is 1970. The predicted octanol–water partition coefficient (Wildman–Crippen LogP) is 6.91. The summed E-state index contributed by atoms with van der Waals surface area (Å²) in [4.78, 5) is 22.3. The first-order valence-corrected chi connectivity index (χ1v) is 16.5. The Morgan fingerprint density at radius 3 is 2.58 bits per heavy atom. The van der Waals surface area contributed by atoms with E-state index in [1.807, 2.05) is 23.7 Å². The Kier molecular flexibility index (Phi) is 7.29. The van der Waals surface area contributed by atoms with Crippen molar-refractivity contribution in [3.05, 3.63) is 76.6 Å². The second-order valence-corrected chi connectivity index (χ2v) is 13.8. The van der Waals surface area contributed by atoms with Crippen molar-refractivity contribution >= 4 is 17.5 Å². The summed E-state index contributed by atoms with van der Waals surface area (Å²) in [6.45, 7) is 2.20. The van der Waals surface area contributed by atoms with Gasteiger partial charge in [0.2, 0.25) is 0 Å². The number of fused-ring (bicyclic) bond motifs is 1. The monoisotopic (exact) mass is 652 g/mol. The fourth-order valence-corrected chi connectivity index (χ4v) is 7.34. The van der Waals surface area contributed by atoms with Gasteiger partial charge in [-0.15, -0.1) is 10.2 Å². The summed E-state index contributed by atoms with van der Waals surface area (Å²) in [5.74, 6) is 1.26. The largest absolute Gasteiger partial charge is 0.416 e. The lowest BCUT2D eigenvalue weighted by atomic mass is 9.95. The van der Waals surface area contributed by atoms with Gasteiger partial charge in [0.25, 0.3) is 5.91 Å². The number of hydrogen-bond acceptors (Lipinski definition) is 7. The lowest BCUT2D eigenvalue weighted by molar-refractivity contribution is -0.138. The molecule has 2 saturated carbocycles. The first-order chi connectivity index (χ1) is 23.1. The van der Waals surface area contributed by atoms with Crippen molar-refractivity contribution in [3.63, 3.8) is 0 Å². The number of hydrogen-bond donors (Lipinski definition) is 1. The van der Waals surface area contributed by atoms with E-state index in [0.717, 1.165) is 49.0 Å². The van der Waals surface area contributed by atoms with Gasteiger partial charge in [-0.05, 0) is 102 Å². The molecule has 2 aliphatic heterocycles. The molecule has 8 rings (SSSR count). The number of carbonyl (C=O) groups is 1. The van der Waals surface area contributed by atoms with E-state index in [4.69, 9.17) is 10.2 Å². The Morgan fingerprint density at radius 2 is 1.90 bits per heavy atom. The summed E-state index contributed by atoms with van der Waals surface area (Å²) < 4.78 is 45.5. The highest BCUT2D eigenvalue weighted by molar-refractivity contribution is 6.10. The Morgan fingerprint density at radius 1 is 1.06 bits per heavy atom. The average molecular weight is 653 g/mol. The van der Waals surface area contributed by atoms with Crippen LogP contribution in [-0.4, -0.2) is 50.2 Å². The minimum absolute atomic E-state index is 0.0296. The summed E-state index contributed by atoms with van der Waals surface area (Å²) in [6, 6.07) is 14.8. The molecule has 2 aromatic heterocycles. The number of aryl methyl sites for hydroxylation is 1. The van der Waals surface area contributed by atoms with Crippen LogP contribution in [-0.2, 0) is 26.3 Å². The van der Waals surface area contributed by atoms with Gasteiger partial charge in [-0.1, -0.05) is 18.2 Å². The van der Waals surface area contributed by atoms with Crippen LogP contribution >= 0.6 is 0 Å². The van der Waals surface area contributed by atoms with E-state index < -0.39 is 17.6 Å². The molecule has 0 unspecified atom stereocenters. The Balaban J connectivity index is 1.20. The highest BCUT2D eigenvalue weighted by atomic mass is 19.4. The third-order valence-electron chi connectivity index (χ3n) is 10.3. The fraction of sp³-hybridized carbons (Fsp3) is 0.417. The molecule has 246 valence electrons. The molecule has 1 saturated heterocycles. The van der Waals surface area contributed by atoms with Crippen molar-refractivity contribution in [2.24, 2.45) is 12.5 Å². The highest BCUT2D eigenvalue weighted by Crippen LogP contribution is 2.53. The van der Waals surface area contributed by atoms with E-state index in [-0.39, 0.29) is 29.9 Å². The van der Waals surface area contributed by atoms with Gasteiger partial charge in [0.15, 0.2) is 5.82 Å². The highest BCUT2D eigenvalue weighted by Gasteiger charge is 2.48. The molecule has 3 fully saturated rings. The molecule has 4 aromatic rings. The Hall–Kier alpha value is -4.76. The van der Waals surface area contributed by atoms with E-state index >= 15 is 0 Å². The standard InChI is InChI=1S/C36H35F3N8O/c1-45-21-42-44-33(45)26-6-5-24(23-3-4-23)15-27(26)25-16-31(41-11-2-10-40)43-32(17-25)47-19-29-28(34(47)48)13-22(14-30(29)36(37,38)39)18-46-12-9-35(20-46)7-8-35/h5-6,13-17,21,23H,2-4,7-9,11-12,18-20H2,1H3,(H,41,43). The van der Waals surface area contributed by atoms with Crippen LogP contribution in [0, 0.1) is 16.7 Å². The normalized spacial score (nSPS) is 18.4. The van der Waals surface area contributed by atoms with Crippen LogP contribution in [0.4, 0.5) is 24.8 Å². The smallest absolute Gasteiger partial charge is 0.369 e. The fourth-order valence-electron chi connectivity index (χ4n) is 7.34. The van der Waals surface area contributed by atoms with Gasteiger partial charge >= 0.3 is 6.18 Å². The molecule has 0 bridgehead atoms. The molecular weight excluding hydrogens is 617 g/mol. The summed E-state index contributed by atoms with van der Waals surface area (Å²) in [6.07, 6.45) is 2.88. The number of carbonyl (C=O) groups excluding carboxylic acids is 1. The molecule has 9 nitrogen and oxygen atoms in total. The van der Waals surface area contributed by atoms with Crippen LogP contribution in [0.2, 0.25) is 0 Å². The number of alkyl halides is 3. The van der Waals surface area contributed by atoms with Crippen LogP contribution in [0.15, 0.2) is 48.8 Å². The van der Waals surface area contributed by atoms with Crippen LogP contribution in [0.1, 0.15) is 77.1 Å². The van der Waals surface area contributed by atoms with Crippen LogP contribution in [0.25, 0.3) is 22.5 Å². The molecular formula is C36H35F3N8O. The first-order valence-electron chi connectivity index (χ1n) is 16.5. The first kappa shape index (κ1) is 30.6. The molecule has 4 heterocycles. The number of rotatable bonds is 9. The van der Waals surface area contributed by atoms with Gasteiger partial charge in [0, 0.05) is 37.8 Å². The van der Waals surface area contributed by atoms with E-state index in [2.05, 4.69) is 38.6 Å². The van der Waals surface area contributed by atoms with Gasteiger partial charge in [0.05, 0.1) is 24.6 Å². The molecule has 48 heavy (non-hydrogen) atoms. The van der Waals surface area contributed by atoms with Crippen LogP contribution in [0.5, 0.6) is 0 Å². The number of pyridine rings is 1. The number of nitriles is 1. The van der Waals surface area contributed by atoms with Gasteiger partial charge in [0.1, 0.15) is 18.0 Å². The van der Waals surface area contributed by atoms with Crippen LogP contribution < -0.4 is 10.2 Å². The number of amides is 1. The topological polar surface area (TPSA) is 103 Å². The summed E-state index contributed by atoms with van der Waals surface area (Å²) in [5.41, 5.74) is 3.71. The third kappa shape index (κ3) is 5.70. The van der Waals surface area contributed by atoms with Crippen molar-refractivity contribution in [2.45, 2.75) is 63.7 Å². The number of halogens is 3. The SMILES string of the molecule is Cn1cnnc1-c1ccc(C2CC2)cc1-c1cc(NCCC#N)nc(N2Cc3c(cc(CN4CCC5(CC5)C4)cc3C(F)(F)F)C2=O)c1. The summed E-state index contributed by atoms with van der Waals surface area (Å²) in [7, 11) is 1.86. The number of nitrogens with one attached hydrogen (secondary N) is 1. The molecule has 12 heteroatoms. The summed E-state index contributed by atoms with van der Waals surface area (Å²) >= 11 is 0. The molecule has 1 amide bonds. The third-order valence-corrected chi connectivity index (χ3v) is 10.3. The van der Waals surface area contributed by atoms with Crippen LogP contribution in [0.3, 0.4) is 0 Å². The molecule has 0 radical (unpaired) electrons. The van der Waals surface area contributed by atoms with Gasteiger partial charge < -0.3 is 9.88 Å². The van der Waals surface area contributed by atoms with E-state index in [9.17, 15) is 18.0 Å². The second-order valence-electron chi connectivity index (χ2n) is 13.8. The zero-order valence-electron chi connectivity index (χ0n) is 26.6. The number of aromatic nitrogens is 4. The molecule has 1 N–H and O–H groups in total. The zero-order valence-corrected chi connectivity index (χ0v) is 26.6. The summed E-state index contributed by atoms with van der Waals surface area (Å²) in [5, 5.41) is 20.7. The molecule has 0 atom stereocenters. The second kappa shape index (κ2) is 11.4. The van der Waals surface area contributed by atoms with Crippen molar-refractivity contribution in [2.75, 3.05) is 29.9 Å². The van der Waals surface area contributed by atoms with E-state index in [1.54, 1.807) is 18.5 Å². The van der Waals surface area contributed by atoms with Crippen molar-refractivity contribution in [1.29, 1.82) is 5.26 Å². The lowest BCUT2D eigenvalue weighted by Gasteiger charge is -2.19. The van der Waals surface area contributed by atoms with E-state index in [0.29, 0.717) is 41.6 Å². The Labute approximate surface area is 276 Å². The maximum Gasteiger partial charge on any atom is 0.416 e. The molecule has 2 aliphatic carbocycles. The molecule has 4 aliphatic rings. The maximum absolute atomic E-state index is 14.6. The van der Waals surface area contributed by atoms with E-state index in [1.165, 1.54) is 29.4 Å². The van der Waals surface area contributed by atoms with Gasteiger partial charge in [-0.3, -0.25) is 14.6 Å². The van der Waals surface area contributed by atoms with Crippen molar-refractivity contribution < 1.29 is 18.0 Å². The minimum Gasteiger partial charge on any atom is -0.369 e. The number of anilines is 2. The minimum atomic E-state index is -4.62. The predicted molar refractivity (Wildman–Crippen MR) is 174 cm³/mol. The quantitative estimate of drug-likeness (QED) is 0.196. The van der Waals surface area contributed by atoms with Gasteiger partial charge in [-0.25, -0.2) is 4.98 Å².